The predicted octanol–water partition coefficient (Wildman–Crippen LogP) is 2.64. The molecule has 0 atom stereocenters. The molecule has 0 saturated heterocycles. The Kier molecular flexibility index (Phi) is 6.15. The zero-order valence-electron chi connectivity index (χ0n) is 8.41. The van der Waals surface area contributed by atoms with Crippen molar-refractivity contribution < 1.29 is 0 Å². The van der Waals surface area contributed by atoms with Crippen molar-refractivity contribution in [1.29, 1.82) is 0 Å². The summed E-state index contributed by atoms with van der Waals surface area (Å²) >= 11 is 15.8. The topological polar surface area (TPSA) is 36.4 Å². The molecule has 0 amide bonds. The molecule has 0 spiro atoms. The van der Waals surface area contributed by atoms with Gasteiger partial charge in [0.15, 0.2) is 0 Å². The Morgan fingerprint density at radius 1 is 1.31 bits per heavy atom. The molecule has 0 aliphatic rings. The van der Waals surface area contributed by atoms with Gasteiger partial charge < -0.3 is 0 Å². The summed E-state index contributed by atoms with van der Waals surface area (Å²) in [6.45, 7) is 0. The van der Waals surface area contributed by atoms with Crippen LogP contribution in [0.3, 0.4) is 0 Å². The van der Waals surface area contributed by atoms with E-state index in [1.807, 2.05) is 30.3 Å². The lowest BCUT2D eigenvalue weighted by Crippen LogP contribution is -2.26. The quantitative estimate of drug-likeness (QED) is 0.292. The van der Waals surface area contributed by atoms with Crippen molar-refractivity contribution in [3.05, 3.63) is 35.9 Å². The van der Waals surface area contributed by atoms with Gasteiger partial charge in [-0.1, -0.05) is 30.3 Å². The van der Waals surface area contributed by atoms with E-state index in [-0.39, 0.29) is 5.11 Å². The number of hydrogen-bond acceptors (Lipinski definition) is 2. The summed E-state index contributed by atoms with van der Waals surface area (Å²) in [5.41, 5.74) is 4.48. The second-order valence-corrected chi connectivity index (χ2v) is 3.87. The summed E-state index contributed by atoms with van der Waals surface area (Å²) < 4.78 is 0. The molecule has 86 valence electrons. The third kappa shape index (κ3) is 4.35. The molecule has 1 rings (SSSR count). The first-order chi connectivity index (χ1) is 7.77. The molecule has 0 aliphatic heterocycles. The van der Waals surface area contributed by atoms with Crippen molar-refractivity contribution >= 4 is 46.4 Å². The van der Waals surface area contributed by atoms with Crippen molar-refractivity contribution in [2.75, 3.05) is 5.88 Å². The number of nitrogens with one attached hydrogen (secondary N) is 2. The lowest BCUT2D eigenvalue weighted by atomic mass is 10.1. The van der Waals surface area contributed by atoms with E-state index in [0.717, 1.165) is 11.3 Å². The van der Waals surface area contributed by atoms with Gasteiger partial charge in [-0.3, -0.25) is 10.3 Å². The number of nitrogens with zero attached hydrogens (tertiary/aromatic N) is 1. The van der Waals surface area contributed by atoms with Gasteiger partial charge in [-0.15, -0.1) is 11.6 Å². The maximum Gasteiger partial charge on any atom is 0.201 e. The van der Waals surface area contributed by atoms with E-state index in [1.165, 1.54) is 0 Å². The number of rotatable bonds is 4. The highest BCUT2D eigenvalue weighted by molar-refractivity contribution is 7.80. The number of hydrazone groups is 1. The number of hydrogen-bond donors (Lipinski definition) is 2. The number of alkyl halides is 1. The zero-order valence-corrected chi connectivity index (χ0v) is 10.7. The van der Waals surface area contributed by atoms with Crippen molar-refractivity contribution in [2.24, 2.45) is 5.10 Å². The highest BCUT2D eigenvalue weighted by atomic mass is 35.5. The Morgan fingerprint density at radius 3 is 2.56 bits per heavy atom. The molecule has 0 bridgehead atoms. The molecule has 0 heterocycles. The first-order valence-corrected chi connectivity index (χ1v) is 5.94. The lowest BCUT2D eigenvalue weighted by molar-refractivity contribution is 1.00. The van der Waals surface area contributed by atoms with Crippen molar-refractivity contribution in [3.8, 4) is 0 Å². The van der Waals surface area contributed by atoms with E-state index in [4.69, 9.17) is 35.6 Å². The number of thiocarbonyl (C=S) groups is 1. The molecule has 3 nitrogen and oxygen atoms in total. The Bertz CT molecular complexity index is 368. The largest absolute Gasteiger partial charge is 0.274 e. The molecule has 2 N–H and O–H groups in total. The van der Waals surface area contributed by atoms with Crippen LogP contribution in [0.1, 0.15) is 12.0 Å². The summed E-state index contributed by atoms with van der Waals surface area (Å²) in [6, 6.07) is 9.75. The number of benzene rings is 1. The fraction of sp³-hybridized carbons (Fsp3) is 0.200. The summed E-state index contributed by atoms with van der Waals surface area (Å²) in [7, 11) is 0. The van der Waals surface area contributed by atoms with E-state index in [1.54, 1.807) is 0 Å². The molecular weight excluding hydrogens is 265 g/mol. The third-order valence-electron chi connectivity index (χ3n) is 1.82. The van der Waals surface area contributed by atoms with Crippen molar-refractivity contribution in [3.63, 3.8) is 0 Å². The summed E-state index contributed by atoms with van der Waals surface area (Å²) in [5, 5.41) is 4.40. The van der Waals surface area contributed by atoms with Crippen LogP contribution in [0.2, 0.25) is 0 Å². The molecule has 0 fully saturated rings. The summed E-state index contributed by atoms with van der Waals surface area (Å²) in [4.78, 5) is 2.27. The average molecular weight is 276 g/mol. The highest BCUT2D eigenvalue weighted by Crippen LogP contribution is 2.05. The van der Waals surface area contributed by atoms with Gasteiger partial charge in [-0.25, -0.2) is 0 Å². The SMILES string of the molecule is S=C(NCl)N/N=C(\CCCl)c1ccccc1. The van der Waals surface area contributed by atoms with Crippen molar-refractivity contribution in [2.45, 2.75) is 6.42 Å². The smallest absolute Gasteiger partial charge is 0.201 e. The zero-order chi connectivity index (χ0) is 11.8. The van der Waals surface area contributed by atoms with E-state index < -0.39 is 0 Å². The first kappa shape index (κ1) is 13.2. The molecular formula is C10H11Cl2N3S. The predicted molar refractivity (Wildman–Crippen MR) is 73.0 cm³/mol. The first-order valence-electron chi connectivity index (χ1n) is 4.62. The summed E-state index contributed by atoms with van der Waals surface area (Å²) in [6.07, 6.45) is 0.656. The van der Waals surface area contributed by atoms with Gasteiger partial charge in [0.05, 0.1) is 5.71 Å². The van der Waals surface area contributed by atoms with Gasteiger partial charge in [0.2, 0.25) is 5.11 Å². The standard InChI is InChI=1S/C10H11Cl2N3S/c11-7-6-9(14-15-10(16)13-12)8-4-2-1-3-5-8/h1-5H,6-7H2,(H2,13,15,16)/b14-9+. The average Bonchev–Trinajstić information content (AvgIpc) is 2.35. The van der Waals surface area contributed by atoms with E-state index in [0.29, 0.717) is 12.3 Å². The minimum atomic E-state index is 0.254. The number of halogens is 2. The van der Waals surface area contributed by atoms with Gasteiger partial charge in [0.1, 0.15) is 0 Å². The lowest BCUT2D eigenvalue weighted by Gasteiger charge is -2.06. The maximum atomic E-state index is 5.71. The minimum absolute atomic E-state index is 0.254. The Balaban J connectivity index is 2.78. The molecule has 0 aromatic heterocycles. The van der Waals surface area contributed by atoms with Crippen LogP contribution in [-0.2, 0) is 0 Å². The van der Waals surface area contributed by atoms with Gasteiger partial charge in [0.25, 0.3) is 0 Å². The van der Waals surface area contributed by atoms with Crippen LogP contribution >= 0.6 is 35.6 Å². The van der Waals surface area contributed by atoms with Crippen LogP contribution in [0, 0.1) is 0 Å². The molecule has 1 aromatic rings. The maximum absolute atomic E-state index is 5.71. The molecule has 0 unspecified atom stereocenters. The molecule has 0 saturated carbocycles. The third-order valence-corrected chi connectivity index (χ3v) is 2.50. The van der Waals surface area contributed by atoms with Gasteiger partial charge in [-0.2, -0.15) is 5.10 Å². The molecule has 6 heteroatoms. The van der Waals surface area contributed by atoms with Gasteiger partial charge in [-0.05, 0) is 17.8 Å². The van der Waals surface area contributed by atoms with Crippen LogP contribution in [0.15, 0.2) is 35.4 Å². The highest BCUT2D eigenvalue weighted by Gasteiger charge is 2.02. The molecule has 0 radical (unpaired) electrons. The molecule has 1 aromatic carbocycles. The second-order valence-electron chi connectivity index (χ2n) is 2.90. The summed E-state index contributed by atoms with van der Waals surface area (Å²) in [5.74, 6) is 0.497. The van der Waals surface area contributed by atoms with E-state index >= 15 is 0 Å². The van der Waals surface area contributed by atoms with Crippen LogP contribution in [0.5, 0.6) is 0 Å². The monoisotopic (exact) mass is 275 g/mol. The van der Waals surface area contributed by atoms with Gasteiger partial charge in [0, 0.05) is 24.1 Å². The minimum Gasteiger partial charge on any atom is -0.274 e. The molecule has 16 heavy (non-hydrogen) atoms. The van der Waals surface area contributed by atoms with Crippen LogP contribution in [0.4, 0.5) is 0 Å². The van der Waals surface area contributed by atoms with Crippen molar-refractivity contribution in [1.82, 2.24) is 10.3 Å². The fourth-order valence-electron chi connectivity index (χ4n) is 1.12. The van der Waals surface area contributed by atoms with Gasteiger partial charge >= 0.3 is 0 Å². The second kappa shape index (κ2) is 7.44. The fourth-order valence-corrected chi connectivity index (χ4v) is 1.39. The van der Waals surface area contributed by atoms with E-state index in [9.17, 15) is 0 Å². The van der Waals surface area contributed by atoms with E-state index in [2.05, 4.69) is 15.4 Å². The van der Waals surface area contributed by atoms with Crippen LogP contribution in [-0.4, -0.2) is 16.7 Å². The Labute approximate surface area is 110 Å². The normalized spacial score (nSPS) is 11.0. The van der Waals surface area contributed by atoms with Crippen LogP contribution in [0.25, 0.3) is 0 Å². The van der Waals surface area contributed by atoms with Crippen LogP contribution < -0.4 is 10.3 Å². The molecule has 0 aliphatic carbocycles. The Hall–Kier alpha value is -0.840. The Morgan fingerprint density at radius 2 is 2.00 bits per heavy atom.